The third kappa shape index (κ3) is 2.80. The van der Waals surface area contributed by atoms with Crippen LogP contribution in [-0.4, -0.2) is 10.8 Å². The van der Waals surface area contributed by atoms with Gasteiger partial charge in [-0.25, -0.2) is 4.79 Å². The zero-order valence-corrected chi connectivity index (χ0v) is 17.1. The Morgan fingerprint density at radius 3 is 2.61 bits per heavy atom. The normalized spacial score (nSPS) is 33.4. The van der Waals surface area contributed by atoms with Crippen molar-refractivity contribution in [3.05, 3.63) is 45.3 Å². The molecule has 0 N–H and O–H groups in total. The summed E-state index contributed by atoms with van der Waals surface area (Å²) in [4.78, 5) is 25.0. The zero-order valence-electron chi connectivity index (χ0n) is 16.3. The van der Waals surface area contributed by atoms with Crippen LogP contribution >= 0.6 is 11.6 Å². The predicted molar refractivity (Wildman–Crippen MR) is 107 cm³/mol. The van der Waals surface area contributed by atoms with Crippen LogP contribution < -0.4 is 5.63 Å². The summed E-state index contributed by atoms with van der Waals surface area (Å²) >= 11 is 6.85. The molecule has 148 valence electrons. The van der Waals surface area contributed by atoms with E-state index >= 15 is 0 Å². The van der Waals surface area contributed by atoms with Gasteiger partial charge < -0.3 is 9.15 Å². The number of aryl methyl sites for hydroxylation is 2. The minimum atomic E-state index is -0.437. The molecule has 4 fully saturated rings. The summed E-state index contributed by atoms with van der Waals surface area (Å²) < 4.78 is 11.2. The molecule has 4 bridgehead atoms. The lowest BCUT2D eigenvalue weighted by Gasteiger charge is -2.58. The molecule has 4 aliphatic carbocycles. The molecule has 0 saturated heterocycles. The second-order valence-electron chi connectivity index (χ2n) is 9.44. The quantitative estimate of drug-likeness (QED) is 0.412. The fraction of sp³-hybridized carbons (Fsp3) is 0.565. The van der Waals surface area contributed by atoms with Crippen molar-refractivity contribution in [3.63, 3.8) is 0 Å². The van der Waals surface area contributed by atoms with Gasteiger partial charge in [-0.15, -0.1) is 11.6 Å². The van der Waals surface area contributed by atoms with Crippen molar-refractivity contribution in [1.82, 2.24) is 0 Å². The molecule has 1 aromatic carbocycles. The lowest BCUT2D eigenvalue weighted by molar-refractivity contribution is -0.171. The Bertz CT molecular complexity index is 1020. The molecule has 0 amide bonds. The fourth-order valence-corrected chi connectivity index (χ4v) is 7.02. The molecular formula is C23H25ClO4. The summed E-state index contributed by atoms with van der Waals surface area (Å²) in [6.07, 6.45) is 5.78. The lowest BCUT2D eigenvalue weighted by atomic mass is 9.49. The van der Waals surface area contributed by atoms with Crippen molar-refractivity contribution in [1.29, 1.82) is 0 Å². The van der Waals surface area contributed by atoms with Crippen molar-refractivity contribution in [2.45, 2.75) is 63.9 Å². The van der Waals surface area contributed by atoms with Crippen molar-refractivity contribution in [2.24, 2.45) is 17.3 Å². The maximum absolute atomic E-state index is 13.2. The van der Waals surface area contributed by atoms with E-state index in [4.69, 9.17) is 20.8 Å². The van der Waals surface area contributed by atoms with Gasteiger partial charge in [-0.2, -0.15) is 0 Å². The highest BCUT2D eigenvalue weighted by molar-refractivity contribution is 6.24. The van der Waals surface area contributed by atoms with Crippen LogP contribution in [0.5, 0.6) is 0 Å². The van der Waals surface area contributed by atoms with Crippen LogP contribution in [0.25, 0.3) is 11.0 Å². The zero-order chi connectivity index (χ0) is 19.7. The van der Waals surface area contributed by atoms with E-state index in [1.165, 1.54) is 12.5 Å². The average molecular weight is 401 g/mol. The maximum atomic E-state index is 13.2. The summed E-state index contributed by atoms with van der Waals surface area (Å²) in [5.74, 6) is 0.944. The monoisotopic (exact) mass is 400 g/mol. The number of rotatable bonds is 3. The number of carbonyl (C=O) groups is 1. The first-order chi connectivity index (χ1) is 13.3. The van der Waals surface area contributed by atoms with Gasteiger partial charge in [0.2, 0.25) is 0 Å². The SMILES string of the molecule is Cc1ccc2c(COC(=O)C34C[C@@H]5C[C@@H](CC(Cl)(C5)C3)C4)cc(=O)oc2c1C. The highest BCUT2D eigenvalue weighted by atomic mass is 35.5. The summed E-state index contributed by atoms with van der Waals surface area (Å²) in [6, 6.07) is 5.37. The molecule has 28 heavy (non-hydrogen) atoms. The number of benzene rings is 1. The summed E-state index contributed by atoms with van der Waals surface area (Å²) in [5, 5.41) is 0.829. The van der Waals surface area contributed by atoms with Gasteiger partial charge in [0.05, 0.1) is 5.41 Å². The van der Waals surface area contributed by atoms with Gasteiger partial charge >= 0.3 is 11.6 Å². The third-order valence-corrected chi connectivity index (χ3v) is 7.74. The van der Waals surface area contributed by atoms with Crippen LogP contribution in [-0.2, 0) is 16.1 Å². The van der Waals surface area contributed by atoms with E-state index in [1.54, 1.807) is 0 Å². The van der Waals surface area contributed by atoms with E-state index < -0.39 is 11.0 Å². The van der Waals surface area contributed by atoms with Gasteiger partial charge in [-0.05, 0) is 75.3 Å². The van der Waals surface area contributed by atoms with Crippen LogP contribution in [0, 0.1) is 31.1 Å². The molecule has 2 unspecified atom stereocenters. The Kier molecular flexibility index (Phi) is 3.97. The molecule has 0 spiro atoms. The number of hydrogen-bond acceptors (Lipinski definition) is 4. The van der Waals surface area contributed by atoms with E-state index in [-0.39, 0.29) is 17.5 Å². The molecule has 2 aromatic rings. The van der Waals surface area contributed by atoms with Crippen molar-refractivity contribution < 1.29 is 13.9 Å². The van der Waals surface area contributed by atoms with Crippen LogP contribution in [0.4, 0.5) is 0 Å². The van der Waals surface area contributed by atoms with Gasteiger partial charge in [0.1, 0.15) is 12.2 Å². The van der Waals surface area contributed by atoms with E-state index in [9.17, 15) is 9.59 Å². The molecule has 4 aliphatic rings. The largest absolute Gasteiger partial charge is 0.460 e. The first-order valence-electron chi connectivity index (χ1n) is 10.2. The molecule has 1 heterocycles. The predicted octanol–water partition coefficient (Wildman–Crippen LogP) is 5.03. The maximum Gasteiger partial charge on any atom is 0.336 e. The molecule has 4 saturated carbocycles. The van der Waals surface area contributed by atoms with Gasteiger partial charge in [0.25, 0.3) is 0 Å². The Morgan fingerprint density at radius 2 is 1.93 bits per heavy atom. The minimum Gasteiger partial charge on any atom is -0.460 e. The van der Waals surface area contributed by atoms with Crippen LogP contribution in [0.15, 0.2) is 27.4 Å². The number of ether oxygens (including phenoxy) is 1. The molecule has 4 atom stereocenters. The average Bonchev–Trinajstić information content (AvgIpc) is 2.60. The van der Waals surface area contributed by atoms with E-state index in [2.05, 4.69) is 0 Å². The summed E-state index contributed by atoms with van der Waals surface area (Å²) in [6.45, 7) is 4.01. The Hall–Kier alpha value is -1.81. The van der Waals surface area contributed by atoms with Gasteiger partial charge in [0, 0.05) is 21.9 Å². The van der Waals surface area contributed by atoms with Crippen molar-refractivity contribution >= 4 is 28.5 Å². The topological polar surface area (TPSA) is 56.5 Å². The number of carbonyl (C=O) groups excluding carboxylic acids is 1. The third-order valence-electron chi connectivity index (χ3n) is 7.30. The Labute approximate surface area is 169 Å². The van der Waals surface area contributed by atoms with Crippen molar-refractivity contribution in [2.75, 3.05) is 0 Å². The second kappa shape index (κ2) is 6.09. The smallest absolute Gasteiger partial charge is 0.336 e. The molecular weight excluding hydrogens is 376 g/mol. The summed E-state index contributed by atoms with van der Waals surface area (Å²) in [7, 11) is 0. The number of alkyl halides is 1. The molecule has 4 nitrogen and oxygen atoms in total. The van der Waals surface area contributed by atoms with Gasteiger partial charge in [-0.3, -0.25) is 4.79 Å². The molecule has 0 radical (unpaired) electrons. The Morgan fingerprint density at radius 1 is 1.21 bits per heavy atom. The van der Waals surface area contributed by atoms with Gasteiger partial charge in [-0.1, -0.05) is 12.1 Å². The van der Waals surface area contributed by atoms with Gasteiger partial charge in [0.15, 0.2) is 0 Å². The van der Waals surface area contributed by atoms with E-state index in [0.717, 1.165) is 48.6 Å². The standard InChI is InChI=1S/C23H25ClO4/c1-13-3-4-18-17(6-19(25)28-20(18)14(13)2)11-27-21(26)22-7-15-5-16(8-22)10-23(24,9-15)12-22/h3-4,6,15-16H,5,7-12H2,1-2H3/t15-,16+,22?,23?. The van der Waals surface area contributed by atoms with Crippen LogP contribution in [0.1, 0.15) is 55.2 Å². The number of halogens is 1. The first kappa shape index (κ1) is 18.2. The molecule has 1 aromatic heterocycles. The summed E-state index contributed by atoms with van der Waals surface area (Å²) in [5.41, 5.74) is 2.43. The van der Waals surface area contributed by atoms with E-state index in [1.807, 2.05) is 26.0 Å². The van der Waals surface area contributed by atoms with Crippen LogP contribution in [0.2, 0.25) is 0 Å². The fourth-order valence-electron chi connectivity index (χ4n) is 6.33. The number of fused-ring (bicyclic) bond motifs is 1. The number of esters is 1. The molecule has 0 aliphatic heterocycles. The molecule has 6 rings (SSSR count). The van der Waals surface area contributed by atoms with Crippen LogP contribution in [0.3, 0.4) is 0 Å². The highest BCUT2D eigenvalue weighted by Crippen LogP contribution is 2.64. The minimum absolute atomic E-state index is 0.0931. The Balaban J connectivity index is 1.42. The second-order valence-corrected chi connectivity index (χ2v) is 10.2. The lowest BCUT2D eigenvalue weighted by Crippen LogP contribution is -2.56. The highest BCUT2D eigenvalue weighted by Gasteiger charge is 2.60. The van der Waals surface area contributed by atoms with E-state index in [0.29, 0.717) is 23.0 Å². The molecule has 5 heteroatoms. The number of hydrogen-bond donors (Lipinski definition) is 0. The first-order valence-corrected chi connectivity index (χ1v) is 10.5. The van der Waals surface area contributed by atoms with Crippen molar-refractivity contribution in [3.8, 4) is 0 Å².